The van der Waals surface area contributed by atoms with Gasteiger partial charge in [0.2, 0.25) is 11.8 Å². The van der Waals surface area contributed by atoms with Crippen LogP contribution in [0.2, 0.25) is 5.02 Å². The van der Waals surface area contributed by atoms with Crippen LogP contribution in [0, 0.1) is 5.92 Å². The Morgan fingerprint density at radius 2 is 1.83 bits per heavy atom. The van der Waals surface area contributed by atoms with E-state index in [0.717, 1.165) is 34.4 Å². The third-order valence-corrected chi connectivity index (χ3v) is 6.67. The molecule has 5 nitrogen and oxygen atoms in total. The maximum Gasteiger partial charge on any atom is 0.228 e. The molecule has 2 saturated heterocycles. The van der Waals surface area contributed by atoms with E-state index in [0.29, 0.717) is 19.6 Å². The predicted molar refractivity (Wildman–Crippen MR) is 119 cm³/mol. The summed E-state index contributed by atoms with van der Waals surface area (Å²) in [5.74, 6) is -0.163. The van der Waals surface area contributed by atoms with E-state index in [1.807, 2.05) is 59.7 Å². The minimum absolute atomic E-state index is 0.0244. The zero-order valence-corrected chi connectivity index (χ0v) is 18.0. The third kappa shape index (κ3) is 4.23. The van der Waals surface area contributed by atoms with Crippen molar-refractivity contribution in [1.82, 2.24) is 4.90 Å². The highest BCUT2D eigenvalue weighted by Gasteiger charge is 2.38. The van der Waals surface area contributed by atoms with Gasteiger partial charge in [0.15, 0.2) is 0 Å². The van der Waals surface area contributed by atoms with Gasteiger partial charge in [0, 0.05) is 49.7 Å². The molecule has 0 unspecified atom stereocenters. The number of carbonyl (C=O) groups excluding carboxylic acids is 2. The Bertz CT molecular complexity index is 914. The molecule has 0 spiro atoms. The largest absolute Gasteiger partial charge is 0.367 e. The molecule has 2 aromatic carbocycles. The number of hydrogen-bond acceptors (Lipinski definition) is 4. The fraction of sp³-hybridized carbons (Fsp3) is 0.364. The number of carbonyl (C=O) groups is 2. The van der Waals surface area contributed by atoms with Gasteiger partial charge in [-0.15, -0.1) is 11.8 Å². The van der Waals surface area contributed by atoms with Gasteiger partial charge < -0.3 is 14.7 Å². The van der Waals surface area contributed by atoms with Crippen LogP contribution in [0.25, 0.3) is 0 Å². The molecule has 7 heteroatoms. The van der Waals surface area contributed by atoms with Crippen molar-refractivity contribution in [1.29, 1.82) is 0 Å². The number of benzene rings is 2. The summed E-state index contributed by atoms with van der Waals surface area (Å²) in [5, 5.41) is 0.733. The monoisotopic (exact) mass is 429 g/mol. The Hall–Kier alpha value is -2.18. The van der Waals surface area contributed by atoms with Crippen LogP contribution in [0.15, 0.2) is 53.4 Å². The van der Waals surface area contributed by atoms with Crippen LogP contribution < -0.4 is 9.80 Å². The SMILES string of the molecule is CSc1cccc(N2C[C@H](C(=O)N3CCN(c4ccccc4Cl)CC3)CC2=O)c1. The summed E-state index contributed by atoms with van der Waals surface area (Å²) in [5.41, 5.74) is 1.89. The Balaban J connectivity index is 1.38. The van der Waals surface area contributed by atoms with Crippen LogP contribution >= 0.6 is 23.4 Å². The Kier molecular flexibility index (Phi) is 6.01. The number of piperazine rings is 1. The van der Waals surface area contributed by atoms with Crippen molar-refractivity contribution < 1.29 is 9.59 Å². The zero-order chi connectivity index (χ0) is 20.4. The number of thioether (sulfide) groups is 1. The molecule has 2 fully saturated rings. The second kappa shape index (κ2) is 8.67. The minimum atomic E-state index is -0.271. The molecular formula is C22H24ClN3O2S. The second-order valence-corrected chi connectivity index (χ2v) is 8.66. The van der Waals surface area contributed by atoms with E-state index in [1.54, 1.807) is 16.7 Å². The van der Waals surface area contributed by atoms with Gasteiger partial charge in [0.1, 0.15) is 0 Å². The van der Waals surface area contributed by atoms with E-state index in [1.165, 1.54) is 0 Å². The number of nitrogens with zero attached hydrogens (tertiary/aromatic N) is 3. The van der Waals surface area contributed by atoms with Crippen molar-refractivity contribution in [2.24, 2.45) is 5.92 Å². The fourth-order valence-electron chi connectivity index (χ4n) is 4.04. The maximum absolute atomic E-state index is 13.1. The van der Waals surface area contributed by atoms with Gasteiger partial charge in [-0.1, -0.05) is 29.8 Å². The highest BCUT2D eigenvalue weighted by atomic mass is 35.5. The number of para-hydroxylation sites is 1. The highest BCUT2D eigenvalue weighted by molar-refractivity contribution is 7.98. The third-order valence-electron chi connectivity index (χ3n) is 5.62. The van der Waals surface area contributed by atoms with Crippen molar-refractivity contribution in [2.45, 2.75) is 11.3 Å². The second-order valence-electron chi connectivity index (χ2n) is 7.37. The first-order valence-corrected chi connectivity index (χ1v) is 11.4. The first kappa shape index (κ1) is 20.1. The van der Waals surface area contributed by atoms with E-state index in [2.05, 4.69) is 4.90 Å². The fourth-order valence-corrected chi connectivity index (χ4v) is 4.74. The normalized spacial score (nSPS) is 19.7. The molecule has 1 atom stereocenters. The highest BCUT2D eigenvalue weighted by Crippen LogP contribution is 2.30. The topological polar surface area (TPSA) is 43.9 Å². The molecule has 0 aromatic heterocycles. The molecule has 0 bridgehead atoms. The van der Waals surface area contributed by atoms with Gasteiger partial charge >= 0.3 is 0 Å². The van der Waals surface area contributed by atoms with Crippen LogP contribution in [0.1, 0.15) is 6.42 Å². The number of halogens is 1. The molecule has 0 N–H and O–H groups in total. The van der Waals surface area contributed by atoms with Crippen LogP contribution in [-0.4, -0.2) is 55.7 Å². The number of amides is 2. The smallest absolute Gasteiger partial charge is 0.228 e. The van der Waals surface area contributed by atoms with E-state index < -0.39 is 0 Å². The van der Waals surface area contributed by atoms with Crippen molar-refractivity contribution in [3.05, 3.63) is 53.6 Å². The van der Waals surface area contributed by atoms with Crippen molar-refractivity contribution in [3.63, 3.8) is 0 Å². The zero-order valence-electron chi connectivity index (χ0n) is 16.4. The quantitative estimate of drug-likeness (QED) is 0.694. The Morgan fingerprint density at radius 3 is 2.55 bits per heavy atom. The summed E-state index contributed by atoms with van der Waals surface area (Å²) < 4.78 is 0. The summed E-state index contributed by atoms with van der Waals surface area (Å²) in [6, 6.07) is 15.7. The molecule has 2 amide bonds. The van der Waals surface area contributed by atoms with E-state index in [4.69, 9.17) is 11.6 Å². The van der Waals surface area contributed by atoms with Crippen molar-refractivity contribution in [3.8, 4) is 0 Å². The molecule has 2 aliphatic rings. The average molecular weight is 430 g/mol. The number of anilines is 2. The Morgan fingerprint density at radius 1 is 1.07 bits per heavy atom. The lowest BCUT2D eigenvalue weighted by Gasteiger charge is -2.37. The molecule has 29 heavy (non-hydrogen) atoms. The maximum atomic E-state index is 13.1. The van der Waals surface area contributed by atoms with Gasteiger partial charge in [-0.3, -0.25) is 9.59 Å². The molecule has 152 valence electrons. The molecule has 0 radical (unpaired) electrons. The molecule has 2 aromatic rings. The molecule has 2 heterocycles. The van der Waals surface area contributed by atoms with Crippen molar-refractivity contribution >= 4 is 46.6 Å². The number of rotatable bonds is 4. The summed E-state index contributed by atoms with van der Waals surface area (Å²) in [6.07, 6.45) is 2.30. The minimum Gasteiger partial charge on any atom is -0.367 e. The lowest BCUT2D eigenvalue weighted by molar-refractivity contribution is -0.136. The van der Waals surface area contributed by atoms with Crippen LogP contribution in [0.5, 0.6) is 0 Å². The molecule has 0 aliphatic carbocycles. The lowest BCUT2D eigenvalue weighted by atomic mass is 10.1. The molecular weight excluding hydrogens is 406 g/mol. The first-order valence-electron chi connectivity index (χ1n) is 9.79. The molecule has 0 saturated carbocycles. The first-order chi connectivity index (χ1) is 14.1. The van der Waals surface area contributed by atoms with Crippen LogP contribution in [0.3, 0.4) is 0 Å². The van der Waals surface area contributed by atoms with E-state index in [9.17, 15) is 9.59 Å². The number of hydrogen-bond donors (Lipinski definition) is 0. The Labute approximate surface area is 180 Å². The van der Waals surface area contributed by atoms with E-state index in [-0.39, 0.29) is 24.2 Å². The average Bonchev–Trinajstić information content (AvgIpc) is 3.15. The van der Waals surface area contributed by atoms with Crippen LogP contribution in [0.4, 0.5) is 11.4 Å². The van der Waals surface area contributed by atoms with Crippen molar-refractivity contribution in [2.75, 3.05) is 48.8 Å². The summed E-state index contributed by atoms with van der Waals surface area (Å²) >= 11 is 7.95. The van der Waals surface area contributed by atoms with Gasteiger partial charge in [0.25, 0.3) is 0 Å². The summed E-state index contributed by atoms with van der Waals surface area (Å²) in [6.45, 7) is 3.25. The van der Waals surface area contributed by atoms with Gasteiger partial charge in [-0.25, -0.2) is 0 Å². The predicted octanol–water partition coefficient (Wildman–Crippen LogP) is 3.76. The van der Waals surface area contributed by atoms with Crippen LogP contribution in [-0.2, 0) is 9.59 Å². The molecule has 4 rings (SSSR count). The van der Waals surface area contributed by atoms with Gasteiger partial charge in [-0.2, -0.15) is 0 Å². The summed E-state index contributed by atoms with van der Waals surface area (Å²) in [4.78, 5) is 32.6. The lowest BCUT2D eigenvalue weighted by Crippen LogP contribution is -2.50. The standard InChI is InChI=1S/C22H24ClN3O2S/c1-29-18-6-4-5-17(14-18)26-15-16(13-21(26)27)22(28)25-11-9-24(10-12-25)20-8-3-2-7-19(20)23/h2-8,14,16H,9-13,15H2,1H3/t16-/m1/s1. The van der Waals surface area contributed by atoms with Gasteiger partial charge in [0.05, 0.1) is 16.6 Å². The molecule has 2 aliphatic heterocycles. The summed E-state index contributed by atoms with van der Waals surface area (Å²) in [7, 11) is 0. The van der Waals surface area contributed by atoms with E-state index >= 15 is 0 Å². The van der Waals surface area contributed by atoms with Gasteiger partial charge in [-0.05, 0) is 36.6 Å².